The van der Waals surface area contributed by atoms with Crippen LogP contribution >= 0.6 is 0 Å². The van der Waals surface area contributed by atoms with Crippen molar-refractivity contribution in [3.8, 4) is 11.8 Å². The highest BCUT2D eigenvalue weighted by molar-refractivity contribution is 5.82. The van der Waals surface area contributed by atoms with Crippen LogP contribution in [0.4, 0.5) is 4.79 Å². The third-order valence-electron chi connectivity index (χ3n) is 2.29. The van der Waals surface area contributed by atoms with Crippen molar-refractivity contribution < 1.29 is 14.7 Å². The Morgan fingerprint density at radius 2 is 2.37 bits per heavy atom. The first-order valence-corrected chi connectivity index (χ1v) is 5.77. The molecule has 0 aliphatic carbocycles. The van der Waals surface area contributed by atoms with E-state index in [0.717, 1.165) is 0 Å². The molecule has 1 aromatic heterocycles. The Balaban J connectivity index is 2.42. The molecule has 1 aromatic rings. The summed E-state index contributed by atoms with van der Waals surface area (Å²) < 4.78 is 0. The Morgan fingerprint density at radius 1 is 1.58 bits per heavy atom. The molecule has 1 atom stereocenters. The number of aromatic amines is 1. The van der Waals surface area contributed by atoms with E-state index in [-0.39, 0.29) is 6.42 Å². The van der Waals surface area contributed by atoms with Crippen molar-refractivity contribution in [3.63, 3.8) is 0 Å². The number of carboxylic acid groups (broad SMARTS) is 1. The predicted molar refractivity (Wildman–Crippen MR) is 68.3 cm³/mol. The van der Waals surface area contributed by atoms with Gasteiger partial charge >= 0.3 is 12.0 Å². The maximum Gasteiger partial charge on any atom is 0.326 e. The summed E-state index contributed by atoms with van der Waals surface area (Å²) in [7, 11) is 0. The maximum absolute atomic E-state index is 11.5. The van der Waals surface area contributed by atoms with Gasteiger partial charge in [-0.1, -0.05) is 0 Å². The second-order valence-corrected chi connectivity index (χ2v) is 3.75. The molecule has 0 spiro atoms. The van der Waals surface area contributed by atoms with Crippen LogP contribution in [0, 0.1) is 11.8 Å². The van der Waals surface area contributed by atoms with Crippen LogP contribution in [-0.4, -0.2) is 39.7 Å². The number of aromatic nitrogens is 2. The van der Waals surface area contributed by atoms with Crippen LogP contribution in [0.5, 0.6) is 0 Å². The lowest BCUT2D eigenvalue weighted by molar-refractivity contribution is -0.139. The SMILES string of the molecule is CC#CCCNC(=O)NC(Cc1cnc[nH]1)C(=O)O. The van der Waals surface area contributed by atoms with E-state index in [1.54, 1.807) is 6.92 Å². The van der Waals surface area contributed by atoms with Crippen LogP contribution < -0.4 is 10.6 Å². The average molecular weight is 264 g/mol. The molecule has 19 heavy (non-hydrogen) atoms. The van der Waals surface area contributed by atoms with Gasteiger partial charge in [0.2, 0.25) is 0 Å². The van der Waals surface area contributed by atoms with Crippen LogP contribution in [0.1, 0.15) is 19.0 Å². The minimum absolute atomic E-state index is 0.150. The topological polar surface area (TPSA) is 107 Å². The molecule has 0 saturated carbocycles. The highest BCUT2D eigenvalue weighted by atomic mass is 16.4. The molecule has 0 aromatic carbocycles. The zero-order valence-corrected chi connectivity index (χ0v) is 10.6. The van der Waals surface area contributed by atoms with Gasteiger partial charge in [-0.15, -0.1) is 11.8 Å². The van der Waals surface area contributed by atoms with Gasteiger partial charge < -0.3 is 20.7 Å². The highest BCUT2D eigenvalue weighted by Crippen LogP contribution is 1.98. The molecule has 0 fully saturated rings. The first-order valence-electron chi connectivity index (χ1n) is 5.77. The Bertz CT molecular complexity index is 473. The Kier molecular flexibility index (Phi) is 5.95. The van der Waals surface area contributed by atoms with Gasteiger partial charge in [0.25, 0.3) is 0 Å². The molecule has 7 heteroatoms. The van der Waals surface area contributed by atoms with Gasteiger partial charge in [0.1, 0.15) is 6.04 Å². The number of rotatable bonds is 6. The zero-order valence-electron chi connectivity index (χ0n) is 10.6. The number of H-pyrrole nitrogens is 1. The van der Waals surface area contributed by atoms with E-state index in [4.69, 9.17) is 5.11 Å². The van der Waals surface area contributed by atoms with E-state index in [1.807, 2.05) is 0 Å². The number of hydrogen-bond donors (Lipinski definition) is 4. The fourth-order valence-corrected chi connectivity index (χ4v) is 1.39. The molecule has 0 saturated heterocycles. The largest absolute Gasteiger partial charge is 0.480 e. The van der Waals surface area contributed by atoms with Crippen molar-refractivity contribution in [2.45, 2.75) is 25.8 Å². The van der Waals surface area contributed by atoms with Crippen LogP contribution in [0.2, 0.25) is 0 Å². The molecular formula is C12H16N4O3. The van der Waals surface area contributed by atoms with E-state index in [0.29, 0.717) is 18.7 Å². The second kappa shape index (κ2) is 7.76. The van der Waals surface area contributed by atoms with Gasteiger partial charge in [0.05, 0.1) is 6.33 Å². The number of nitrogens with one attached hydrogen (secondary N) is 3. The number of imidazole rings is 1. The molecule has 0 radical (unpaired) electrons. The van der Waals surface area contributed by atoms with E-state index in [1.165, 1.54) is 12.5 Å². The summed E-state index contributed by atoms with van der Waals surface area (Å²) in [5.74, 6) is 4.40. The minimum Gasteiger partial charge on any atom is -0.480 e. The third-order valence-corrected chi connectivity index (χ3v) is 2.29. The number of carbonyl (C=O) groups is 2. The fourth-order valence-electron chi connectivity index (χ4n) is 1.39. The van der Waals surface area contributed by atoms with Gasteiger partial charge in [-0.2, -0.15) is 0 Å². The average Bonchev–Trinajstić information content (AvgIpc) is 2.86. The summed E-state index contributed by atoms with van der Waals surface area (Å²) in [6.07, 6.45) is 3.66. The van der Waals surface area contributed by atoms with Gasteiger partial charge in [-0.05, 0) is 6.92 Å². The van der Waals surface area contributed by atoms with Gasteiger partial charge in [-0.25, -0.2) is 14.6 Å². The molecule has 0 bridgehead atoms. The molecule has 4 N–H and O–H groups in total. The first-order chi connectivity index (χ1) is 9.13. The van der Waals surface area contributed by atoms with E-state index in [2.05, 4.69) is 32.4 Å². The Morgan fingerprint density at radius 3 is 2.95 bits per heavy atom. The van der Waals surface area contributed by atoms with Crippen LogP contribution in [0.25, 0.3) is 0 Å². The standard InChI is InChI=1S/C12H16N4O3/c1-2-3-4-5-14-12(19)16-10(11(17)18)6-9-7-13-8-15-9/h7-8,10H,4-6H2,1H3,(H,13,15)(H,17,18)(H2,14,16,19). The van der Waals surface area contributed by atoms with Gasteiger partial charge in [-0.3, -0.25) is 0 Å². The fraction of sp³-hybridized carbons (Fsp3) is 0.417. The first kappa shape index (κ1) is 14.6. The highest BCUT2D eigenvalue weighted by Gasteiger charge is 2.20. The van der Waals surface area contributed by atoms with Crippen molar-refractivity contribution in [3.05, 3.63) is 18.2 Å². The second-order valence-electron chi connectivity index (χ2n) is 3.75. The lowest BCUT2D eigenvalue weighted by Crippen LogP contribution is -2.47. The summed E-state index contributed by atoms with van der Waals surface area (Å²) in [6.45, 7) is 2.09. The number of carbonyl (C=O) groups excluding carboxylic acids is 1. The third kappa shape index (κ3) is 5.59. The molecule has 0 aliphatic heterocycles. The lowest BCUT2D eigenvalue weighted by atomic mass is 10.2. The van der Waals surface area contributed by atoms with E-state index >= 15 is 0 Å². The summed E-state index contributed by atoms with van der Waals surface area (Å²) in [5, 5.41) is 14.0. The van der Waals surface area contributed by atoms with Crippen molar-refractivity contribution in [2.75, 3.05) is 6.54 Å². The smallest absolute Gasteiger partial charge is 0.326 e. The summed E-state index contributed by atoms with van der Waals surface area (Å²) in [4.78, 5) is 29.1. The summed E-state index contributed by atoms with van der Waals surface area (Å²) in [5.41, 5.74) is 0.643. The Hall–Kier alpha value is -2.49. The van der Waals surface area contributed by atoms with Crippen molar-refractivity contribution in [1.82, 2.24) is 20.6 Å². The number of hydrogen-bond acceptors (Lipinski definition) is 3. The molecule has 0 aliphatic rings. The van der Waals surface area contributed by atoms with Crippen molar-refractivity contribution in [1.29, 1.82) is 0 Å². The number of urea groups is 1. The number of aliphatic carboxylic acids is 1. The lowest BCUT2D eigenvalue weighted by Gasteiger charge is -2.13. The predicted octanol–water partition coefficient (Wildman–Crippen LogP) is 0.118. The minimum atomic E-state index is -1.10. The van der Waals surface area contributed by atoms with E-state index in [9.17, 15) is 9.59 Å². The zero-order chi connectivity index (χ0) is 14.1. The molecule has 1 unspecified atom stereocenters. The maximum atomic E-state index is 11.5. The van der Waals surface area contributed by atoms with Crippen LogP contribution in [0.3, 0.4) is 0 Å². The molecule has 1 heterocycles. The number of carboxylic acids is 1. The summed E-state index contributed by atoms with van der Waals surface area (Å²) >= 11 is 0. The van der Waals surface area contributed by atoms with Crippen LogP contribution in [-0.2, 0) is 11.2 Å². The van der Waals surface area contributed by atoms with Crippen LogP contribution in [0.15, 0.2) is 12.5 Å². The van der Waals surface area contributed by atoms with E-state index < -0.39 is 18.0 Å². The Labute approximate surface area is 110 Å². The normalized spacial score (nSPS) is 11.0. The van der Waals surface area contributed by atoms with Gasteiger partial charge in [0, 0.05) is 31.3 Å². The summed E-state index contributed by atoms with van der Waals surface area (Å²) in [6, 6.07) is -1.53. The number of amides is 2. The van der Waals surface area contributed by atoms with Gasteiger partial charge in [0.15, 0.2) is 0 Å². The molecular weight excluding hydrogens is 248 g/mol. The number of nitrogens with zero attached hydrogens (tertiary/aromatic N) is 1. The van der Waals surface area contributed by atoms with Crippen molar-refractivity contribution >= 4 is 12.0 Å². The quantitative estimate of drug-likeness (QED) is 0.432. The molecule has 2 amide bonds. The monoisotopic (exact) mass is 264 g/mol. The van der Waals surface area contributed by atoms with Crippen molar-refractivity contribution in [2.24, 2.45) is 0 Å². The molecule has 7 nitrogen and oxygen atoms in total. The molecule has 1 rings (SSSR count). The molecule has 102 valence electrons.